The number of rotatable bonds is 4. The molecular formula is C22H27NO. The number of piperidine rings is 1. The van der Waals surface area contributed by atoms with E-state index in [0.29, 0.717) is 5.78 Å². The molecule has 126 valence electrons. The lowest BCUT2D eigenvalue weighted by molar-refractivity contribution is -0.126. The van der Waals surface area contributed by atoms with Crippen LogP contribution in [0.2, 0.25) is 0 Å². The van der Waals surface area contributed by atoms with Crippen LogP contribution < -0.4 is 0 Å². The highest BCUT2D eigenvalue weighted by atomic mass is 16.1. The van der Waals surface area contributed by atoms with Crippen molar-refractivity contribution in [2.24, 2.45) is 5.41 Å². The van der Waals surface area contributed by atoms with Gasteiger partial charge in [0, 0.05) is 17.5 Å². The van der Waals surface area contributed by atoms with Crippen molar-refractivity contribution in [1.29, 1.82) is 0 Å². The van der Waals surface area contributed by atoms with Gasteiger partial charge < -0.3 is 0 Å². The number of carbonyl (C=O) groups excluding carboxylic acids is 1. The van der Waals surface area contributed by atoms with Gasteiger partial charge in [0.05, 0.1) is 0 Å². The first-order valence-electron chi connectivity index (χ1n) is 8.79. The van der Waals surface area contributed by atoms with Gasteiger partial charge in [-0.1, -0.05) is 49.1 Å². The van der Waals surface area contributed by atoms with Crippen LogP contribution in [0.3, 0.4) is 0 Å². The van der Waals surface area contributed by atoms with Crippen LogP contribution in [0.15, 0.2) is 65.8 Å². The Labute approximate surface area is 145 Å². The Hall–Kier alpha value is -1.93. The van der Waals surface area contributed by atoms with Crippen LogP contribution in [0.1, 0.15) is 38.7 Å². The van der Waals surface area contributed by atoms with Crippen molar-refractivity contribution in [3.63, 3.8) is 0 Å². The second-order valence-electron chi connectivity index (χ2n) is 7.46. The van der Waals surface area contributed by atoms with E-state index in [1.807, 2.05) is 13.8 Å². The average Bonchev–Trinajstić information content (AvgIpc) is 2.84. The summed E-state index contributed by atoms with van der Waals surface area (Å²) in [6.45, 7) is 15.0. The normalized spacial score (nSPS) is 20.7. The SMILES string of the molecule is C=C(C)C1=C(C(=C)C)C(=O)C2(CCN(Cc3ccccc3)CC2)C1. The molecule has 0 radical (unpaired) electrons. The van der Waals surface area contributed by atoms with Crippen LogP contribution in [0.5, 0.6) is 0 Å². The Morgan fingerprint density at radius 3 is 2.21 bits per heavy atom. The van der Waals surface area contributed by atoms with Gasteiger partial charge in [0.2, 0.25) is 0 Å². The van der Waals surface area contributed by atoms with Gasteiger partial charge in [-0.2, -0.15) is 0 Å². The van der Waals surface area contributed by atoms with E-state index in [-0.39, 0.29) is 5.41 Å². The number of hydrogen-bond acceptors (Lipinski definition) is 2. The molecule has 1 aliphatic heterocycles. The van der Waals surface area contributed by atoms with Crippen molar-refractivity contribution < 1.29 is 4.79 Å². The summed E-state index contributed by atoms with van der Waals surface area (Å²) in [7, 11) is 0. The number of Topliss-reactive ketones (excluding diaryl/α,β-unsaturated/α-hetero) is 1. The quantitative estimate of drug-likeness (QED) is 0.802. The van der Waals surface area contributed by atoms with Gasteiger partial charge in [-0.25, -0.2) is 0 Å². The van der Waals surface area contributed by atoms with Crippen LogP contribution in [0, 0.1) is 5.41 Å². The molecular weight excluding hydrogens is 294 g/mol. The van der Waals surface area contributed by atoms with Crippen LogP contribution in [-0.2, 0) is 11.3 Å². The molecule has 1 aliphatic carbocycles. The van der Waals surface area contributed by atoms with Crippen molar-refractivity contribution >= 4 is 5.78 Å². The van der Waals surface area contributed by atoms with Gasteiger partial charge >= 0.3 is 0 Å². The zero-order valence-electron chi connectivity index (χ0n) is 14.9. The molecule has 2 nitrogen and oxygen atoms in total. The van der Waals surface area contributed by atoms with E-state index in [4.69, 9.17) is 0 Å². The zero-order valence-corrected chi connectivity index (χ0v) is 14.9. The zero-order chi connectivity index (χ0) is 17.3. The molecule has 2 aliphatic rings. The summed E-state index contributed by atoms with van der Waals surface area (Å²) in [5.41, 5.74) is 5.04. The number of benzene rings is 1. The summed E-state index contributed by atoms with van der Waals surface area (Å²) in [6, 6.07) is 10.6. The highest BCUT2D eigenvalue weighted by molar-refractivity contribution is 6.07. The highest BCUT2D eigenvalue weighted by Crippen LogP contribution is 2.49. The first kappa shape index (κ1) is 16.9. The fraction of sp³-hybridized carbons (Fsp3) is 0.409. The van der Waals surface area contributed by atoms with E-state index < -0.39 is 0 Å². The summed E-state index contributed by atoms with van der Waals surface area (Å²) in [5, 5.41) is 0. The van der Waals surface area contributed by atoms with Crippen LogP contribution in [-0.4, -0.2) is 23.8 Å². The Morgan fingerprint density at radius 1 is 1.08 bits per heavy atom. The predicted octanol–water partition coefficient (Wildman–Crippen LogP) is 4.69. The van der Waals surface area contributed by atoms with Crippen molar-refractivity contribution in [3.8, 4) is 0 Å². The van der Waals surface area contributed by atoms with Gasteiger partial charge in [-0.15, -0.1) is 0 Å². The monoisotopic (exact) mass is 321 g/mol. The Bertz CT molecular complexity index is 703. The molecule has 0 bridgehead atoms. The Morgan fingerprint density at radius 2 is 1.71 bits per heavy atom. The van der Waals surface area contributed by atoms with E-state index in [9.17, 15) is 4.79 Å². The second kappa shape index (κ2) is 6.52. The van der Waals surface area contributed by atoms with Gasteiger partial charge in [-0.3, -0.25) is 9.69 Å². The standard InChI is InChI=1S/C22H27NO/c1-16(2)19-14-22(21(24)20(19)17(3)4)10-12-23(13-11-22)15-18-8-6-5-7-9-18/h5-9H,1,3,10-15H2,2,4H3. The number of carbonyl (C=O) groups is 1. The average molecular weight is 321 g/mol. The first-order valence-corrected chi connectivity index (χ1v) is 8.79. The Balaban J connectivity index is 1.71. The molecule has 1 fully saturated rings. The topological polar surface area (TPSA) is 20.3 Å². The molecule has 1 heterocycles. The summed E-state index contributed by atoms with van der Waals surface area (Å²) in [5.74, 6) is 0.312. The molecule has 1 aromatic rings. The van der Waals surface area contributed by atoms with Gasteiger partial charge in [0.15, 0.2) is 5.78 Å². The lowest BCUT2D eigenvalue weighted by atomic mass is 9.73. The minimum Gasteiger partial charge on any atom is -0.299 e. The summed E-state index contributed by atoms with van der Waals surface area (Å²) >= 11 is 0. The smallest absolute Gasteiger partial charge is 0.169 e. The number of nitrogens with zero attached hydrogens (tertiary/aromatic N) is 1. The number of allylic oxidation sites excluding steroid dienone is 4. The molecule has 0 saturated carbocycles. The maximum Gasteiger partial charge on any atom is 0.169 e. The molecule has 0 N–H and O–H groups in total. The summed E-state index contributed by atoms with van der Waals surface area (Å²) in [4.78, 5) is 15.6. The molecule has 0 atom stereocenters. The van der Waals surface area contributed by atoms with E-state index in [1.54, 1.807) is 0 Å². The molecule has 1 saturated heterocycles. The van der Waals surface area contributed by atoms with Crippen molar-refractivity contribution in [2.75, 3.05) is 13.1 Å². The van der Waals surface area contributed by atoms with Gasteiger partial charge in [-0.05, 0) is 62.9 Å². The maximum atomic E-state index is 13.1. The van der Waals surface area contributed by atoms with E-state index in [0.717, 1.165) is 61.2 Å². The van der Waals surface area contributed by atoms with Crippen LogP contribution >= 0.6 is 0 Å². The number of hydrogen-bond donors (Lipinski definition) is 0. The molecule has 2 heteroatoms. The highest BCUT2D eigenvalue weighted by Gasteiger charge is 2.48. The fourth-order valence-corrected chi connectivity index (χ4v) is 4.11. The molecule has 24 heavy (non-hydrogen) atoms. The summed E-state index contributed by atoms with van der Waals surface area (Å²) < 4.78 is 0. The fourth-order valence-electron chi connectivity index (χ4n) is 4.11. The van der Waals surface area contributed by atoms with E-state index in [1.165, 1.54) is 5.56 Å². The first-order chi connectivity index (χ1) is 11.4. The number of ketones is 1. The molecule has 3 rings (SSSR count). The second-order valence-corrected chi connectivity index (χ2v) is 7.46. The Kier molecular flexibility index (Phi) is 4.60. The lowest BCUT2D eigenvalue weighted by Gasteiger charge is -2.38. The molecule has 0 aromatic heterocycles. The van der Waals surface area contributed by atoms with E-state index >= 15 is 0 Å². The van der Waals surface area contributed by atoms with Crippen molar-refractivity contribution in [3.05, 3.63) is 71.3 Å². The van der Waals surface area contributed by atoms with Crippen LogP contribution in [0.4, 0.5) is 0 Å². The third-order valence-electron chi connectivity index (χ3n) is 5.53. The minimum atomic E-state index is -0.213. The molecule has 1 spiro atoms. The van der Waals surface area contributed by atoms with Gasteiger partial charge in [0.1, 0.15) is 0 Å². The third kappa shape index (κ3) is 3.03. The summed E-state index contributed by atoms with van der Waals surface area (Å²) in [6.07, 6.45) is 2.72. The van der Waals surface area contributed by atoms with Crippen molar-refractivity contribution in [2.45, 2.75) is 39.7 Å². The van der Waals surface area contributed by atoms with Crippen molar-refractivity contribution in [1.82, 2.24) is 4.90 Å². The predicted molar refractivity (Wildman–Crippen MR) is 99.7 cm³/mol. The largest absolute Gasteiger partial charge is 0.299 e. The lowest BCUT2D eigenvalue weighted by Crippen LogP contribution is -2.42. The maximum absolute atomic E-state index is 13.1. The van der Waals surface area contributed by atoms with E-state index in [2.05, 4.69) is 48.4 Å². The van der Waals surface area contributed by atoms with Gasteiger partial charge in [0.25, 0.3) is 0 Å². The number of likely N-dealkylation sites (tertiary alicyclic amines) is 1. The third-order valence-corrected chi connectivity index (χ3v) is 5.53. The van der Waals surface area contributed by atoms with Crippen LogP contribution in [0.25, 0.3) is 0 Å². The minimum absolute atomic E-state index is 0.213. The molecule has 0 amide bonds. The molecule has 1 aromatic carbocycles. The molecule has 0 unspecified atom stereocenters.